The summed E-state index contributed by atoms with van der Waals surface area (Å²) in [6.45, 7) is 3.04. The lowest BCUT2D eigenvalue weighted by molar-refractivity contribution is 0.162. The summed E-state index contributed by atoms with van der Waals surface area (Å²) < 4.78 is 2.06. The van der Waals surface area contributed by atoms with Crippen molar-refractivity contribution in [3.63, 3.8) is 0 Å². The molecule has 0 aliphatic carbocycles. The molecule has 0 unspecified atom stereocenters. The number of fused-ring (bicyclic) bond motifs is 2. The topological polar surface area (TPSA) is 75.5 Å². The Kier molecular flexibility index (Phi) is 5.48. The summed E-state index contributed by atoms with van der Waals surface area (Å²) in [5.41, 5.74) is 6.24. The Labute approximate surface area is 214 Å². The van der Waals surface area contributed by atoms with Gasteiger partial charge >= 0.3 is 0 Å². The number of rotatable bonds is 5. The van der Waals surface area contributed by atoms with Crippen LogP contribution in [-0.2, 0) is 6.54 Å². The Bertz CT molecular complexity index is 1680. The van der Waals surface area contributed by atoms with Gasteiger partial charge in [0.05, 0.1) is 17.8 Å². The van der Waals surface area contributed by atoms with Crippen molar-refractivity contribution in [2.75, 3.05) is 13.1 Å². The van der Waals surface area contributed by atoms with Crippen LogP contribution in [0.1, 0.15) is 24.4 Å². The number of likely N-dealkylation sites (tertiary alicyclic amines) is 1. The van der Waals surface area contributed by atoms with Gasteiger partial charge in [-0.25, -0.2) is 4.68 Å². The third kappa shape index (κ3) is 4.27. The summed E-state index contributed by atoms with van der Waals surface area (Å²) >= 11 is 0. The maximum Gasteiger partial charge on any atom is 0.113 e. The summed E-state index contributed by atoms with van der Waals surface area (Å²) in [7, 11) is 0. The average molecular weight is 486 g/mol. The number of nitrogens with zero attached hydrogens (tertiary/aromatic N) is 6. The molecule has 0 amide bonds. The van der Waals surface area contributed by atoms with Gasteiger partial charge in [0.1, 0.15) is 11.4 Å². The molecule has 7 heteroatoms. The maximum atomic E-state index is 4.56. The highest BCUT2D eigenvalue weighted by atomic mass is 15.4. The molecule has 3 aromatic carbocycles. The fourth-order valence-electron chi connectivity index (χ4n) is 5.48. The zero-order valence-corrected chi connectivity index (χ0v) is 20.5. The van der Waals surface area contributed by atoms with Crippen LogP contribution in [0.15, 0.2) is 91.4 Å². The third-order valence-electron chi connectivity index (χ3n) is 7.40. The summed E-state index contributed by atoms with van der Waals surface area (Å²) in [6, 6.07) is 25.9. The van der Waals surface area contributed by atoms with E-state index in [2.05, 4.69) is 102 Å². The first-order valence-corrected chi connectivity index (χ1v) is 12.8. The number of aromatic amines is 1. The van der Waals surface area contributed by atoms with Gasteiger partial charge in [-0.2, -0.15) is 5.10 Å². The maximum absolute atomic E-state index is 4.56. The molecule has 1 aliphatic rings. The van der Waals surface area contributed by atoms with Crippen LogP contribution in [0, 0.1) is 0 Å². The van der Waals surface area contributed by atoms with Gasteiger partial charge in [0.15, 0.2) is 0 Å². The van der Waals surface area contributed by atoms with Crippen molar-refractivity contribution in [3.8, 4) is 22.5 Å². The lowest BCUT2D eigenvalue weighted by Crippen LogP contribution is -2.36. The molecular formula is C30H27N7. The largest absolute Gasteiger partial charge is 0.297 e. The molecule has 0 saturated carbocycles. The molecule has 1 saturated heterocycles. The second kappa shape index (κ2) is 9.26. The Morgan fingerprint density at radius 3 is 2.70 bits per heavy atom. The molecule has 37 heavy (non-hydrogen) atoms. The van der Waals surface area contributed by atoms with E-state index in [1.165, 1.54) is 16.3 Å². The molecule has 1 fully saturated rings. The van der Waals surface area contributed by atoms with Crippen molar-refractivity contribution < 1.29 is 0 Å². The Morgan fingerprint density at radius 1 is 0.892 bits per heavy atom. The average Bonchev–Trinajstić information content (AvgIpc) is 3.61. The van der Waals surface area contributed by atoms with Gasteiger partial charge in [-0.15, -0.1) is 5.10 Å². The van der Waals surface area contributed by atoms with Crippen molar-refractivity contribution in [2.24, 2.45) is 0 Å². The second-order valence-electron chi connectivity index (χ2n) is 9.86. The standard InChI is InChI=1S/C30H27N7/c1-2-5-24-16-21(7-8-22(24)4-1)18-36-15-3-6-26(19-36)37-20-29(33-35-37)25-9-10-28-27(17-25)30(34-32-28)23-11-13-31-14-12-23/h1-2,4-5,7-14,16-17,20,26H,3,6,15,18-19H2,(H,32,34)/t26-/m1/s1. The van der Waals surface area contributed by atoms with E-state index >= 15 is 0 Å². The van der Waals surface area contributed by atoms with Crippen molar-refractivity contribution >= 4 is 21.7 Å². The van der Waals surface area contributed by atoms with Crippen molar-refractivity contribution in [1.29, 1.82) is 0 Å². The Hall–Kier alpha value is -4.36. The number of hydrogen-bond acceptors (Lipinski definition) is 5. The van der Waals surface area contributed by atoms with Gasteiger partial charge in [-0.1, -0.05) is 47.7 Å². The molecule has 1 aliphatic heterocycles. The van der Waals surface area contributed by atoms with E-state index < -0.39 is 0 Å². The number of nitrogens with one attached hydrogen (secondary N) is 1. The van der Waals surface area contributed by atoms with Crippen molar-refractivity contribution in [1.82, 2.24) is 35.1 Å². The first-order valence-electron chi connectivity index (χ1n) is 12.8. The molecule has 7 rings (SSSR count). The van der Waals surface area contributed by atoms with E-state index in [9.17, 15) is 0 Å². The Morgan fingerprint density at radius 2 is 1.78 bits per heavy atom. The SMILES string of the molecule is c1ccc2cc(CN3CCC[C@@H](n4cc(-c5ccc6[nH]nc(-c7ccncc7)c6c5)nn4)C3)ccc2c1. The van der Waals surface area contributed by atoms with Gasteiger partial charge in [-0.05, 0) is 66.1 Å². The van der Waals surface area contributed by atoms with E-state index in [4.69, 9.17) is 0 Å². The smallest absolute Gasteiger partial charge is 0.113 e. The van der Waals surface area contributed by atoms with E-state index in [0.717, 1.165) is 65.9 Å². The highest BCUT2D eigenvalue weighted by Crippen LogP contribution is 2.30. The molecule has 0 radical (unpaired) electrons. The summed E-state index contributed by atoms with van der Waals surface area (Å²) in [6.07, 6.45) is 7.95. The summed E-state index contributed by atoms with van der Waals surface area (Å²) in [5.74, 6) is 0. The minimum absolute atomic E-state index is 0.320. The quantitative estimate of drug-likeness (QED) is 0.330. The highest BCUT2D eigenvalue weighted by molar-refractivity contribution is 5.95. The van der Waals surface area contributed by atoms with Crippen LogP contribution >= 0.6 is 0 Å². The van der Waals surface area contributed by atoms with Gasteiger partial charge in [0.25, 0.3) is 0 Å². The van der Waals surface area contributed by atoms with Crippen LogP contribution in [0.3, 0.4) is 0 Å². The van der Waals surface area contributed by atoms with E-state index in [0.29, 0.717) is 6.04 Å². The second-order valence-corrected chi connectivity index (χ2v) is 9.86. The fourth-order valence-corrected chi connectivity index (χ4v) is 5.48. The number of hydrogen-bond donors (Lipinski definition) is 1. The normalized spacial score (nSPS) is 16.5. The van der Waals surface area contributed by atoms with E-state index in [-0.39, 0.29) is 0 Å². The molecule has 3 aromatic heterocycles. The minimum atomic E-state index is 0.320. The van der Waals surface area contributed by atoms with Gasteiger partial charge < -0.3 is 0 Å². The van der Waals surface area contributed by atoms with Gasteiger partial charge in [0.2, 0.25) is 0 Å². The zero-order chi connectivity index (χ0) is 24.6. The first-order chi connectivity index (χ1) is 18.3. The number of pyridine rings is 1. The van der Waals surface area contributed by atoms with Crippen molar-refractivity contribution in [3.05, 3.63) is 97.0 Å². The van der Waals surface area contributed by atoms with Gasteiger partial charge in [0, 0.05) is 42.0 Å². The van der Waals surface area contributed by atoms with Crippen LogP contribution < -0.4 is 0 Å². The third-order valence-corrected chi connectivity index (χ3v) is 7.40. The van der Waals surface area contributed by atoms with Crippen LogP contribution in [0.2, 0.25) is 0 Å². The highest BCUT2D eigenvalue weighted by Gasteiger charge is 2.23. The number of benzene rings is 3. The van der Waals surface area contributed by atoms with Crippen LogP contribution in [-0.4, -0.2) is 48.2 Å². The monoisotopic (exact) mass is 485 g/mol. The first kappa shape index (κ1) is 21.9. The molecule has 0 spiro atoms. The molecule has 0 bridgehead atoms. The lowest BCUT2D eigenvalue weighted by Gasteiger charge is -2.32. The summed E-state index contributed by atoms with van der Waals surface area (Å²) in [5, 5.41) is 20.4. The predicted octanol–water partition coefficient (Wildman–Crippen LogP) is 5.87. The van der Waals surface area contributed by atoms with Gasteiger partial charge in [-0.3, -0.25) is 15.0 Å². The number of H-pyrrole nitrogens is 1. The molecule has 7 nitrogen and oxygen atoms in total. The summed E-state index contributed by atoms with van der Waals surface area (Å²) in [4.78, 5) is 6.67. The number of aromatic nitrogens is 6. The number of piperidine rings is 1. The molecule has 1 N–H and O–H groups in total. The van der Waals surface area contributed by atoms with E-state index in [1.807, 2.05) is 12.1 Å². The molecule has 4 heterocycles. The Balaban J connectivity index is 1.11. The lowest BCUT2D eigenvalue weighted by atomic mass is 10.0. The van der Waals surface area contributed by atoms with Crippen molar-refractivity contribution in [2.45, 2.75) is 25.4 Å². The fraction of sp³-hybridized carbons (Fsp3) is 0.200. The van der Waals surface area contributed by atoms with E-state index in [1.54, 1.807) is 12.4 Å². The van der Waals surface area contributed by atoms with Crippen LogP contribution in [0.25, 0.3) is 44.2 Å². The molecular weight excluding hydrogens is 458 g/mol. The zero-order valence-electron chi connectivity index (χ0n) is 20.5. The predicted molar refractivity (Wildman–Crippen MR) is 146 cm³/mol. The molecule has 6 aromatic rings. The molecule has 1 atom stereocenters. The van der Waals surface area contributed by atoms with Crippen LogP contribution in [0.4, 0.5) is 0 Å². The minimum Gasteiger partial charge on any atom is -0.297 e. The van der Waals surface area contributed by atoms with Crippen LogP contribution in [0.5, 0.6) is 0 Å². The molecule has 182 valence electrons.